The smallest absolute Gasteiger partial charge is 0.233 e. The number of rotatable bonds is 9. The average molecular weight is 409 g/mol. The summed E-state index contributed by atoms with van der Waals surface area (Å²) < 4.78 is 2.09. The van der Waals surface area contributed by atoms with Crippen molar-refractivity contribution < 1.29 is 4.79 Å². The van der Waals surface area contributed by atoms with Crippen LogP contribution < -0.4 is 0 Å². The Morgan fingerprint density at radius 1 is 0.966 bits per heavy atom. The molecule has 0 aliphatic rings. The zero-order chi connectivity index (χ0) is 20.6. The predicted molar refractivity (Wildman–Crippen MR) is 119 cm³/mol. The fraction of sp³-hybridized carbons (Fsp3) is 0.348. The van der Waals surface area contributed by atoms with Gasteiger partial charge in [0.2, 0.25) is 5.91 Å². The van der Waals surface area contributed by atoms with Crippen LogP contribution in [-0.4, -0.2) is 44.4 Å². The van der Waals surface area contributed by atoms with Crippen LogP contribution in [0.2, 0.25) is 0 Å². The van der Waals surface area contributed by atoms with Gasteiger partial charge in [0.05, 0.1) is 5.75 Å². The molecule has 5 nitrogen and oxygen atoms in total. The lowest BCUT2D eigenvalue weighted by Gasteiger charge is -2.18. The molecule has 3 rings (SSSR count). The SMILES string of the molecule is CCN(CC)C(=O)CSc1nnc(CCc2ccccc2)n1-c1ccc(C)cc1. The molecule has 152 valence electrons. The van der Waals surface area contributed by atoms with Gasteiger partial charge in [-0.15, -0.1) is 10.2 Å². The van der Waals surface area contributed by atoms with Gasteiger partial charge in [0, 0.05) is 25.2 Å². The number of carbonyl (C=O) groups is 1. The van der Waals surface area contributed by atoms with Crippen molar-refractivity contribution in [3.63, 3.8) is 0 Å². The maximum absolute atomic E-state index is 12.4. The summed E-state index contributed by atoms with van der Waals surface area (Å²) >= 11 is 1.45. The van der Waals surface area contributed by atoms with Gasteiger partial charge in [-0.1, -0.05) is 59.8 Å². The highest BCUT2D eigenvalue weighted by atomic mass is 32.2. The molecule has 1 aromatic heterocycles. The summed E-state index contributed by atoms with van der Waals surface area (Å²) in [6.45, 7) is 7.53. The molecule has 0 saturated heterocycles. The standard InChI is InChI=1S/C23H28N4OS/c1-4-26(5-2)22(28)17-29-23-25-24-21(16-13-19-9-7-6-8-10-19)27(23)20-14-11-18(3)12-15-20/h6-12,14-15H,4-5,13,16-17H2,1-3H3. The van der Waals surface area contributed by atoms with E-state index in [1.54, 1.807) is 0 Å². The van der Waals surface area contributed by atoms with Gasteiger partial charge >= 0.3 is 0 Å². The third-order valence-corrected chi connectivity index (χ3v) is 5.83. The van der Waals surface area contributed by atoms with Crippen molar-refractivity contribution in [2.45, 2.75) is 38.8 Å². The van der Waals surface area contributed by atoms with E-state index in [0.717, 1.165) is 42.6 Å². The van der Waals surface area contributed by atoms with E-state index in [4.69, 9.17) is 0 Å². The van der Waals surface area contributed by atoms with Gasteiger partial charge in [0.15, 0.2) is 5.16 Å². The molecule has 6 heteroatoms. The molecular formula is C23H28N4OS. The Kier molecular flexibility index (Phi) is 7.47. The number of hydrogen-bond donors (Lipinski definition) is 0. The van der Waals surface area contributed by atoms with Gasteiger partial charge < -0.3 is 4.90 Å². The van der Waals surface area contributed by atoms with Gasteiger partial charge in [0.1, 0.15) is 5.82 Å². The van der Waals surface area contributed by atoms with Gasteiger partial charge in [-0.2, -0.15) is 0 Å². The van der Waals surface area contributed by atoms with E-state index in [2.05, 4.69) is 70.2 Å². The molecule has 0 spiro atoms. The normalized spacial score (nSPS) is 10.9. The van der Waals surface area contributed by atoms with Crippen LogP contribution in [-0.2, 0) is 17.6 Å². The number of aryl methyl sites for hydroxylation is 3. The first kappa shape index (κ1) is 21.1. The topological polar surface area (TPSA) is 51.0 Å². The van der Waals surface area contributed by atoms with Gasteiger partial charge in [-0.05, 0) is 44.9 Å². The first-order chi connectivity index (χ1) is 14.1. The third-order valence-electron chi connectivity index (χ3n) is 4.91. The van der Waals surface area contributed by atoms with Crippen LogP contribution in [0.3, 0.4) is 0 Å². The number of amides is 1. The lowest BCUT2D eigenvalue weighted by molar-refractivity contribution is -0.127. The number of aromatic nitrogens is 3. The lowest BCUT2D eigenvalue weighted by Crippen LogP contribution is -2.31. The molecule has 0 unspecified atom stereocenters. The maximum atomic E-state index is 12.4. The molecule has 0 atom stereocenters. The van der Waals surface area contributed by atoms with Crippen LogP contribution in [0, 0.1) is 6.92 Å². The average Bonchev–Trinajstić information content (AvgIpc) is 3.16. The fourth-order valence-corrected chi connectivity index (χ4v) is 4.08. The quantitative estimate of drug-likeness (QED) is 0.495. The maximum Gasteiger partial charge on any atom is 0.233 e. The van der Waals surface area contributed by atoms with Crippen molar-refractivity contribution in [1.82, 2.24) is 19.7 Å². The van der Waals surface area contributed by atoms with Crippen molar-refractivity contribution in [1.29, 1.82) is 0 Å². The van der Waals surface area contributed by atoms with Crippen molar-refractivity contribution in [3.8, 4) is 5.69 Å². The number of carbonyl (C=O) groups excluding carboxylic acids is 1. The molecule has 0 saturated carbocycles. The van der Waals surface area contributed by atoms with Crippen LogP contribution in [0.5, 0.6) is 0 Å². The zero-order valence-electron chi connectivity index (χ0n) is 17.3. The number of benzene rings is 2. The Labute approximate surface area is 177 Å². The second-order valence-electron chi connectivity index (χ2n) is 6.91. The first-order valence-corrected chi connectivity index (χ1v) is 11.1. The minimum absolute atomic E-state index is 0.129. The van der Waals surface area contributed by atoms with Crippen LogP contribution in [0.15, 0.2) is 59.8 Å². The Bertz CT molecular complexity index is 918. The van der Waals surface area contributed by atoms with Crippen LogP contribution in [0.4, 0.5) is 0 Å². The largest absolute Gasteiger partial charge is 0.343 e. The van der Waals surface area contributed by atoms with E-state index in [1.165, 1.54) is 22.9 Å². The van der Waals surface area contributed by atoms with Crippen LogP contribution >= 0.6 is 11.8 Å². The van der Waals surface area contributed by atoms with Crippen molar-refractivity contribution in [3.05, 3.63) is 71.5 Å². The highest BCUT2D eigenvalue weighted by Gasteiger charge is 2.17. The van der Waals surface area contributed by atoms with Crippen molar-refractivity contribution in [2.24, 2.45) is 0 Å². The monoisotopic (exact) mass is 408 g/mol. The van der Waals surface area contributed by atoms with Crippen LogP contribution in [0.25, 0.3) is 5.69 Å². The van der Waals surface area contributed by atoms with Crippen molar-refractivity contribution in [2.75, 3.05) is 18.8 Å². The molecule has 0 bridgehead atoms. The molecule has 0 aliphatic carbocycles. The predicted octanol–water partition coefficient (Wildman–Crippen LogP) is 4.32. The summed E-state index contributed by atoms with van der Waals surface area (Å²) in [5.74, 6) is 1.41. The van der Waals surface area contributed by atoms with E-state index < -0.39 is 0 Å². The second-order valence-corrected chi connectivity index (χ2v) is 7.85. The summed E-state index contributed by atoms with van der Waals surface area (Å²) in [6.07, 6.45) is 1.68. The van der Waals surface area contributed by atoms with E-state index in [1.807, 2.05) is 24.8 Å². The van der Waals surface area contributed by atoms with E-state index in [-0.39, 0.29) is 5.91 Å². The highest BCUT2D eigenvalue weighted by molar-refractivity contribution is 7.99. The number of hydrogen-bond acceptors (Lipinski definition) is 4. The Morgan fingerprint density at radius 2 is 1.66 bits per heavy atom. The molecule has 0 N–H and O–H groups in total. The molecule has 0 radical (unpaired) electrons. The van der Waals surface area contributed by atoms with Gasteiger partial charge in [-0.3, -0.25) is 9.36 Å². The van der Waals surface area contributed by atoms with Crippen LogP contribution in [0.1, 0.15) is 30.8 Å². The molecule has 2 aromatic carbocycles. The molecule has 3 aromatic rings. The molecule has 0 fully saturated rings. The molecule has 29 heavy (non-hydrogen) atoms. The van der Waals surface area contributed by atoms with Crippen molar-refractivity contribution >= 4 is 17.7 Å². The summed E-state index contributed by atoms with van der Waals surface area (Å²) in [5.41, 5.74) is 3.51. The Balaban J connectivity index is 1.83. The molecular weight excluding hydrogens is 380 g/mol. The minimum atomic E-state index is 0.129. The first-order valence-electron chi connectivity index (χ1n) is 10.1. The summed E-state index contributed by atoms with van der Waals surface area (Å²) in [7, 11) is 0. The Hall–Kier alpha value is -2.60. The molecule has 0 aliphatic heterocycles. The fourth-order valence-electron chi connectivity index (χ4n) is 3.20. The minimum Gasteiger partial charge on any atom is -0.343 e. The van der Waals surface area contributed by atoms with E-state index >= 15 is 0 Å². The third kappa shape index (κ3) is 5.48. The zero-order valence-corrected chi connectivity index (χ0v) is 18.2. The van der Waals surface area contributed by atoms with E-state index in [0.29, 0.717) is 5.75 Å². The Morgan fingerprint density at radius 3 is 2.31 bits per heavy atom. The summed E-state index contributed by atoms with van der Waals surface area (Å²) in [4.78, 5) is 14.3. The number of thioether (sulfide) groups is 1. The molecule has 1 amide bonds. The van der Waals surface area contributed by atoms with Gasteiger partial charge in [-0.25, -0.2) is 0 Å². The number of nitrogens with zero attached hydrogens (tertiary/aromatic N) is 4. The summed E-state index contributed by atoms with van der Waals surface area (Å²) in [6, 6.07) is 18.7. The molecule has 1 heterocycles. The second kappa shape index (κ2) is 10.3. The summed E-state index contributed by atoms with van der Waals surface area (Å²) in [5, 5.41) is 9.64. The van der Waals surface area contributed by atoms with Gasteiger partial charge in [0.25, 0.3) is 0 Å². The van der Waals surface area contributed by atoms with E-state index in [9.17, 15) is 4.79 Å². The highest BCUT2D eigenvalue weighted by Crippen LogP contribution is 2.23. The lowest BCUT2D eigenvalue weighted by atomic mass is 10.1.